The van der Waals surface area contributed by atoms with Crippen LogP contribution in [0.3, 0.4) is 0 Å². The van der Waals surface area contributed by atoms with Gasteiger partial charge in [-0.1, -0.05) is 30.3 Å². The minimum absolute atomic E-state index is 0.0421. The number of nitrogens with zero attached hydrogens (tertiary/aromatic N) is 1. The van der Waals surface area contributed by atoms with E-state index in [1.807, 2.05) is 36.4 Å². The van der Waals surface area contributed by atoms with Crippen molar-refractivity contribution in [1.82, 2.24) is 10.2 Å². The highest BCUT2D eigenvalue weighted by Gasteiger charge is 2.30. The molecule has 1 N–H and O–H groups in total. The van der Waals surface area contributed by atoms with Crippen molar-refractivity contribution in [1.29, 1.82) is 0 Å². The molecule has 0 aliphatic carbocycles. The third kappa shape index (κ3) is 4.72. The van der Waals surface area contributed by atoms with E-state index < -0.39 is 17.7 Å². The summed E-state index contributed by atoms with van der Waals surface area (Å²) in [4.78, 5) is 27.2. The zero-order valence-electron chi connectivity index (χ0n) is 17.7. The van der Waals surface area contributed by atoms with E-state index in [1.54, 1.807) is 7.11 Å². The van der Waals surface area contributed by atoms with Crippen molar-refractivity contribution in [3.05, 3.63) is 77.4 Å². The highest BCUT2D eigenvalue weighted by atomic mass is 19.1. The molecule has 0 aromatic heterocycles. The normalized spacial score (nSPS) is 16.3. The molecule has 0 radical (unpaired) electrons. The lowest BCUT2D eigenvalue weighted by atomic mass is 10.00. The van der Waals surface area contributed by atoms with Crippen LogP contribution in [0.25, 0.3) is 10.8 Å². The van der Waals surface area contributed by atoms with Gasteiger partial charge in [-0.2, -0.15) is 0 Å². The van der Waals surface area contributed by atoms with Crippen molar-refractivity contribution >= 4 is 22.6 Å². The Kier molecular flexibility index (Phi) is 6.35. The van der Waals surface area contributed by atoms with E-state index in [9.17, 15) is 18.4 Å². The number of hydrogen-bond acceptors (Lipinski definition) is 3. The summed E-state index contributed by atoms with van der Waals surface area (Å²) in [6.45, 7) is 0.506. The van der Waals surface area contributed by atoms with Gasteiger partial charge in [0.25, 0.3) is 0 Å². The van der Waals surface area contributed by atoms with Gasteiger partial charge in [0.2, 0.25) is 11.8 Å². The number of benzene rings is 3. The third-order valence-electron chi connectivity index (χ3n) is 5.77. The quantitative estimate of drug-likeness (QED) is 0.634. The number of amides is 2. The summed E-state index contributed by atoms with van der Waals surface area (Å²) < 4.78 is 32.5. The number of fused-ring (bicyclic) bond motifs is 1. The standard InChI is InChI=1S/C25H24F2N2O3/c1-32-20-10-8-16-4-2-5-17(21(16)14-20)12-24(30)28-23-6-3-11-29(25(23)31)15-18-7-9-19(26)13-22(18)27/h2,4-5,7-10,13-14,23H,3,6,11-12,15H2,1H3,(H,28,30). The monoisotopic (exact) mass is 438 g/mol. The molecule has 1 fully saturated rings. The number of rotatable bonds is 6. The lowest BCUT2D eigenvalue weighted by molar-refractivity contribution is -0.139. The van der Waals surface area contributed by atoms with Crippen molar-refractivity contribution in [2.24, 2.45) is 0 Å². The Bertz CT molecular complexity index is 1170. The molecule has 0 bridgehead atoms. The van der Waals surface area contributed by atoms with Crippen molar-refractivity contribution < 1.29 is 23.1 Å². The fourth-order valence-corrected chi connectivity index (χ4v) is 4.10. The van der Waals surface area contributed by atoms with E-state index in [1.165, 1.54) is 17.0 Å². The number of carbonyl (C=O) groups is 2. The van der Waals surface area contributed by atoms with Crippen LogP contribution in [0.5, 0.6) is 5.75 Å². The largest absolute Gasteiger partial charge is 0.497 e. The molecule has 1 saturated heterocycles. The maximum absolute atomic E-state index is 14.0. The molecule has 1 heterocycles. The van der Waals surface area contributed by atoms with Crippen molar-refractivity contribution in [2.45, 2.75) is 31.8 Å². The summed E-state index contributed by atoms with van der Waals surface area (Å²) in [5.74, 6) is -1.15. The van der Waals surface area contributed by atoms with Crippen LogP contribution in [0.2, 0.25) is 0 Å². The smallest absolute Gasteiger partial charge is 0.245 e. The fraction of sp³-hybridized carbons (Fsp3) is 0.280. The number of carbonyl (C=O) groups excluding carboxylic acids is 2. The number of methoxy groups -OCH3 is 1. The maximum Gasteiger partial charge on any atom is 0.245 e. The van der Waals surface area contributed by atoms with E-state index >= 15 is 0 Å². The summed E-state index contributed by atoms with van der Waals surface area (Å²) in [6.07, 6.45) is 1.34. The average Bonchev–Trinajstić information content (AvgIpc) is 2.78. The van der Waals surface area contributed by atoms with Gasteiger partial charge in [-0.3, -0.25) is 9.59 Å². The fourth-order valence-electron chi connectivity index (χ4n) is 4.10. The number of piperidine rings is 1. The number of nitrogens with one attached hydrogen (secondary N) is 1. The van der Waals surface area contributed by atoms with Crippen molar-refractivity contribution in [3.8, 4) is 5.75 Å². The van der Waals surface area contributed by atoms with E-state index in [-0.39, 0.29) is 30.3 Å². The molecule has 1 aliphatic heterocycles. The zero-order chi connectivity index (χ0) is 22.7. The van der Waals surface area contributed by atoms with E-state index in [2.05, 4.69) is 5.32 Å². The highest BCUT2D eigenvalue weighted by Crippen LogP contribution is 2.25. The molecule has 1 aliphatic rings. The van der Waals surface area contributed by atoms with Crippen LogP contribution < -0.4 is 10.1 Å². The van der Waals surface area contributed by atoms with Crippen molar-refractivity contribution in [2.75, 3.05) is 13.7 Å². The van der Waals surface area contributed by atoms with Gasteiger partial charge in [0.15, 0.2) is 0 Å². The zero-order valence-corrected chi connectivity index (χ0v) is 17.7. The molecule has 0 spiro atoms. The van der Waals surface area contributed by atoms with Gasteiger partial charge in [-0.15, -0.1) is 0 Å². The second-order valence-corrected chi connectivity index (χ2v) is 7.94. The molecular weight excluding hydrogens is 414 g/mol. The predicted molar refractivity (Wildman–Crippen MR) is 117 cm³/mol. The van der Waals surface area contributed by atoms with Crippen LogP contribution in [0, 0.1) is 11.6 Å². The first-order valence-corrected chi connectivity index (χ1v) is 10.5. The Morgan fingerprint density at radius 2 is 1.97 bits per heavy atom. The summed E-state index contributed by atoms with van der Waals surface area (Å²) >= 11 is 0. The molecule has 5 nitrogen and oxygen atoms in total. The first-order chi connectivity index (χ1) is 15.4. The number of hydrogen-bond donors (Lipinski definition) is 1. The molecule has 32 heavy (non-hydrogen) atoms. The maximum atomic E-state index is 14.0. The molecule has 1 unspecified atom stereocenters. The first kappa shape index (κ1) is 21.7. The Balaban J connectivity index is 1.44. The van der Waals surface area contributed by atoms with Gasteiger partial charge in [0.05, 0.1) is 13.5 Å². The van der Waals surface area contributed by atoms with Gasteiger partial charge in [-0.05, 0) is 47.4 Å². The Morgan fingerprint density at radius 3 is 2.75 bits per heavy atom. The summed E-state index contributed by atoms with van der Waals surface area (Å²) in [5, 5.41) is 4.75. The van der Waals surface area contributed by atoms with Crippen LogP contribution in [-0.4, -0.2) is 36.4 Å². The average molecular weight is 438 g/mol. The number of halogens is 2. The molecule has 1 atom stereocenters. The molecular formula is C25H24F2N2O3. The summed E-state index contributed by atoms with van der Waals surface area (Å²) in [5.41, 5.74) is 1.09. The van der Waals surface area contributed by atoms with Crippen LogP contribution in [0.15, 0.2) is 54.6 Å². The van der Waals surface area contributed by atoms with E-state index in [0.717, 1.165) is 22.4 Å². The molecule has 4 rings (SSSR count). The van der Waals surface area contributed by atoms with Crippen LogP contribution in [0.4, 0.5) is 8.78 Å². The minimum atomic E-state index is -0.685. The topological polar surface area (TPSA) is 58.6 Å². The van der Waals surface area contributed by atoms with Crippen LogP contribution in [0.1, 0.15) is 24.0 Å². The summed E-state index contributed by atoms with van der Waals surface area (Å²) in [6, 6.07) is 14.1. The molecule has 3 aromatic carbocycles. The van der Waals surface area contributed by atoms with Crippen molar-refractivity contribution in [3.63, 3.8) is 0 Å². The van der Waals surface area contributed by atoms with Gasteiger partial charge in [0.1, 0.15) is 23.4 Å². The Labute approximate surface area is 185 Å². The van der Waals surface area contributed by atoms with Gasteiger partial charge in [-0.25, -0.2) is 8.78 Å². The molecule has 166 valence electrons. The molecule has 7 heteroatoms. The first-order valence-electron chi connectivity index (χ1n) is 10.5. The highest BCUT2D eigenvalue weighted by molar-refractivity contribution is 5.93. The van der Waals surface area contributed by atoms with Gasteiger partial charge in [0, 0.05) is 24.7 Å². The predicted octanol–water partition coefficient (Wildman–Crippen LogP) is 3.98. The number of likely N-dealkylation sites (tertiary alicyclic amines) is 1. The number of ether oxygens (including phenoxy) is 1. The molecule has 2 amide bonds. The van der Waals surface area contributed by atoms with Gasteiger partial charge >= 0.3 is 0 Å². The Morgan fingerprint density at radius 1 is 1.12 bits per heavy atom. The van der Waals surface area contributed by atoms with Crippen LogP contribution >= 0.6 is 0 Å². The van der Waals surface area contributed by atoms with Crippen LogP contribution in [-0.2, 0) is 22.6 Å². The lowest BCUT2D eigenvalue weighted by Crippen LogP contribution is -2.52. The van der Waals surface area contributed by atoms with Gasteiger partial charge < -0.3 is 15.0 Å². The SMILES string of the molecule is COc1ccc2cccc(CC(=O)NC3CCCN(Cc4ccc(F)cc4F)C3=O)c2c1. The molecule has 3 aromatic rings. The second-order valence-electron chi connectivity index (χ2n) is 7.94. The second kappa shape index (κ2) is 9.34. The van der Waals surface area contributed by atoms with E-state index in [4.69, 9.17) is 4.74 Å². The molecule has 0 saturated carbocycles. The lowest BCUT2D eigenvalue weighted by Gasteiger charge is -2.32. The minimum Gasteiger partial charge on any atom is -0.497 e. The Hall–Kier alpha value is -3.48. The van der Waals surface area contributed by atoms with E-state index in [0.29, 0.717) is 25.1 Å². The third-order valence-corrected chi connectivity index (χ3v) is 5.77. The summed E-state index contributed by atoms with van der Waals surface area (Å²) in [7, 11) is 1.59.